The molecule has 1 aliphatic carbocycles. The highest BCUT2D eigenvalue weighted by Gasteiger charge is 2.22. The smallest absolute Gasteiger partial charge is 0.335 e. The van der Waals surface area contributed by atoms with Crippen molar-refractivity contribution < 1.29 is 9.90 Å². The number of carboxylic acids is 1. The number of unbranched alkanes of at least 4 members (excludes halogenated alkanes) is 1. The van der Waals surface area contributed by atoms with Gasteiger partial charge < -0.3 is 10.0 Å². The van der Waals surface area contributed by atoms with Gasteiger partial charge in [-0.05, 0) is 102 Å². The van der Waals surface area contributed by atoms with Crippen LogP contribution < -0.4 is 4.90 Å². The van der Waals surface area contributed by atoms with Crippen LogP contribution in [0, 0.1) is 5.92 Å². The highest BCUT2D eigenvalue weighted by atomic mass is 16.4. The Morgan fingerprint density at radius 1 is 0.825 bits per heavy atom. The molecule has 0 radical (unpaired) electrons. The molecule has 1 saturated carbocycles. The number of rotatable bonds is 11. The Hall–Kier alpha value is -3.07. The average Bonchev–Trinajstić information content (AvgIpc) is 2.96. The highest BCUT2D eigenvalue weighted by molar-refractivity contribution is 5.88. The topological polar surface area (TPSA) is 40.5 Å². The van der Waals surface area contributed by atoms with Gasteiger partial charge in [0.15, 0.2) is 0 Å². The number of hydrogen-bond acceptors (Lipinski definition) is 2. The minimum absolute atomic E-state index is 0.0262. The molecule has 1 aliphatic rings. The van der Waals surface area contributed by atoms with Crippen LogP contribution in [0.3, 0.4) is 0 Å². The first-order valence-corrected chi connectivity index (χ1v) is 15.6. The molecular formula is C37H49NO2. The van der Waals surface area contributed by atoms with Crippen molar-refractivity contribution in [3.63, 3.8) is 0 Å². The third-order valence-electron chi connectivity index (χ3n) is 8.83. The van der Waals surface area contributed by atoms with Gasteiger partial charge in [0.2, 0.25) is 0 Å². The SMILES string of the molecule is CCN(CC)c1ccc(-c2cc(-c3ccc(C(=O)O)cc3)ccc2CCCCC2CCCCC2)cc1C(C)(C)C. The summed E-state index contributed by atoms with van der Waals surface area (Å²) < 4.78 is 0. The molecule has 40 heavy (non-hydrogen) atoms. The molecule has 0 amide bonds. The Kier molecular flexibility index (Phi) is 10.1. The van der Waals surface area contributed by atoms with Gasteiger partial charge in [0.25, 0.3) is 0 Å². The Labute approximate surface area is 242 Å². The molecule has 0 atom stereocenters. The van der Waals surface area contributed by atoms with E-state index < -0.39 is 5.97 Å². The van der Waals surface area contributed by atoms with E-state index in [-0.39, 0.29) is 5.41 Å². The third kappa shape index (κ3) is 7.36. The molecule has 0 saturated heterocycles. The maximum absolute atomic E-state index is 11.4. The summed E-state index contributed by atoms with van der Waals surface area (Å²) in [5.41, 5.74) is 9.21. The molecule has 214 valence electrons. The lowest BCUT2D eigenvalue weighted by molar-refractivity contribution is 0.0697. The minimum Gasteiger partial charge on any atom is -0.478 e. The van der Waals surface area contributed by atoms with Crippen LogP contribution in [0.5, 0.6) is 0 Å². The van der Waals surface area contributed by atoms with Crippen molar-refractivity contribution in [3.8, 4) is 22.3 Å². The van der Waals surface area contributed by atoms with E-state index >= 15 is 0 Å². The van der Waals surface area contributed by atoms with Gasteiger partial charge in [0.05, 0.1) is 5.56 Å². The first-order chi connectivity index (χ1) is 19.2. The summed E-state index contributed by atoms with van der Waals surface area (Å²) in [5.74, 6) is 0.0464. The zero-order chi connectivity index (χ0) is 28.7. The third-order valence-corrected chi connectivity index (χ3v) is 8.83. The molecule has 0 spiro atoms. The number of carbonyl (C=O) groups is 1. The predicted octanol–water partition coefficient (Wildman–Crippen LogP) is 10.2. The molecule has 3 heteroatoms. The molecular weight excluding hydrogens is 490 g/mol. The summed E-state index contributed by atoms with van der Waals surface area (Å²) in [6.45, 7) is 13.4. The molecule has 3 aromatic rings. The Balaban J connectivity index is 1.69. The predicted molar refractivity (Wildman–Crippen MR) is 171 cm³/mol. The van der Waals surface area contributed by atoms with Crippen LogP contribution in [0.25, 0.3) is 22.3 Å². The van der Waals surface area contributed by atoms with Crippen molar-refractivity contribution in [2.75, 3.05) is 18.0 Å². The summed E-state index contributed by atoms with van der Waals surface area (Å²) in [7, 11) is 0. The van der Waals surface area contributed by atoms with Crippen molar-refractivity contribution in [2.24, 2.45) is 5.92 Å². The summed E-state index contributed by atoms with van der Waals surface area (Å²) in [6.07, 6.45) is 12.1. The van der Waals surface area contributed by atoms with Crippen molar-refractivity contribution in [2.45, 2.75) is 97.8 Å². The zero-order valence-corrected chi connectivity index (χ0v) is 25.4. The van der Waals surface area contributed by atoms with Crippen LogP contribution in [0.2, 0.25) is 0 Å². The fraction of sp³-hybridized carbons (Fsp3) is 0.486. The molecule has 0 unspecified atom stereocenters. The van der Waals surface area contributed by atoms with Gasteiger partial charge >= 0.3 is 5.97 Å². The molecule has 3 aromatic carbocycles. The van der Waals surface area contributed by atoms with Gasteiger partial charge in [-0.15, -0.1) is 0 Å². The van der Waals surface area contributed by atoms with Crippen molar-refractivity contribution in [3.05, 3.63) is 77.4 Å². The largest absolute Gasteiger partial charge is 0.478 e. The van der Waals surface area contributed by atoms with Gasteiger partial charge in [-0.3, -0.25) is 0 Å². The Bertz CT molecular complexity index is 1260. The number of carboxylic acid groups (broad SMARTS) is 1. The normalized spacial score (nSPS) is 14.3. The maximum atomic E-state index is 11.4. The van der Waals surface area contributed by atoms with Crippen molar-refractivity contribution >= 4 is 11.7 Å². The maximum Gasteiger partial charge on any atom is 0.335 e. The summed E-state index contributed by atoms with van der Waals surface area (Å²) >= 11 is 0. The molecule has 4 rings (SSSR count). The fourth-order valence-electron chi connectivity index (χ4n) is 6.42. The van der Waals surface area contributed by atoms with Crippen molar-refractivity contribution in [1.82, 2.24) is 0 Å². The molecule has 3 nitrogen and oxygen atoms in total. The molecule has 0 bridgehead atoms. The lowest BCUT2D eigenvalue weighted by Crippen LogP contribution is -2.26. The van der Waals surface area contributed by atoms with E-state index in [4.69, 9.17) is 0 Å². The van der Waals surface area contributed by atoms with E-state index in [1.165, 1.54) is 79.3 Å². The highest BCUT2D eigenvalue weighted by Crippen LogP contribution is 2.38. The van der Waals surface area contributed by atoms with Gasteiger partial charge in [0, 0.05) is 18.8 Å². The number of hydrogen-bond donors (Lipinski definition) is 1. The fourth-order valence-corrected chi connectivity index (χ4v) is 6.42. The van der Waals surface area contributed by atoms with E-state index in [9.17, 15) is 9.90 Å². The van der Waals surface area contributed by atoms with Gasteiger partial charge in [-0.25, -0.2) is 4.79 Å². The summed E-state index contributed by atoms with van der Waals surface area (Å²) in [6, 6.07) is 21.2. The summed E-state index contributed by atoms with van der Waals surface area (Å²) in [4.78, 5) is 13.8. The number of nitrogens with zero attached hydrogens (tertiary/aromatic N) is 1. The van der Waals surface area contributed by atoms with Crippen LogP contribution in [0.4, 0.5) is 5.69 Å². The number of anilines is 1. The van der Waals surface area contributed by atoms with Crippen molar-refractivity contribution in [1.29, 1.82) is 0 Å². The lowest BCUT2D eigenvalue weighted by Gasteiger charge is -2.31. The molecule has 1 fully saturated rings. The minimum atomic E-state index is -0.890. The molecule has 0 heterocycles. The van der Waals surface area contributed by atoms with Gasteiger partial charge in [-0.2, -0.15) is 0 Å². The quantitative estimate of drug-likeness (QED) is 0.246. The van der Waals surface area contributed by atoms with Crippen LogP contribution in [0.15, 0.2) is 60.7 Å². The van der Waals surface area contributed by atoms with Gasteiger partial charge in [0.1, 0.15) is 0 Å². The molecule has 0 aromatic heterocycles. The number of aryl methyl sites for hydroxylation is 1. The Morgan fingerprint density at radius 3 is 2.10 bits per heavy atom. The monoisotopic (exact) mass is 539 g/mol. The Morgan fingerprint density at radius 2 is 1.48 bits per heavy atom. The van der Waals surface area contributed by atoms with Crippen LogP contribution >= 0.6 is 0 Å². The number of aromatic carboxylic acids is 1. The average molecular weight is 540 g/mol. The second kappa shape index (κ2) is 13.5. The van der Waals surface area contributed by atoms with E-state index in [2.05, 4.69) is 75.9 Å². The second-order valence-electron chi connectivity index (χ2n) is 12.7. The standard InChI is InChI=1S/C37H49NO2/c1-6-38(7-2)35-24-23-32(26-34(35)37(3,4)5)33-25-31(28-17-20-30(21-18-28)36(39)40)22-19-29(33)16-12-11-15-27-13-9-8-10-14-27/h17-27H,6-16H2,1-5H3,(H,39,40). The van der Waals surface area contributed by atoms with E-state index in [0.717, 1.165) is 36.6 Å². The van der Waals surface area contributed by atoms with Gasteiger partial charge in [-0.1, -0.05) is 96.0 Å². The summed E-state index contributed by atoms with van der Waals surface area (Å²) in [5, 5.41) is 9.35. The number of benzene rings is 3. The van der Waals surface area contributed by atoms with Crippen LogP contribution in [0.1, 0.15) is 107 Å². The lowest BCUT2D eigenvalue weighted by atomic mass is 9.82. The van der Waals surface area contributed by atoms with Crippen LogP contribution in [-0.2, 0) is 11.8 Å². The zero-order valence-electron chi connectivity index (χ0n) is 25.4. The molecule has 1 N–H and O–H groups in total. The second-order valence-corrected chi connectivity index (χ2v) is 12.7. The van der Waals surface area contributed by atoms with E-state index in [0.29, 0.717) is 5.56 Å². The molecule has 0 aliphatic heterocycles. The van der Waals surface area contributed by atoms with E-state index in [1.54, 1.807) is 12.1 Å². The first-order valence-electron chi connectivity index (χ1n) is 15.6. The van der Waals surface area contributed by atoms with E-state index in [1.807, 2.05) is 12.1 Å². The first kappa shape index (κ1) is 29.9. The van der Waals surface area contributed by atoms with Crippen LogP contribution in [-0.4, -0.2) is 24.2 Å².